The van der Waals surface area contributed by atoms with Crippen LogP contribution >= 0.6 is 0 Å². The molecular weight excluding hydrogens is 192 g/mol. The zero-order chi connectivity index (χ0) is 12.4. The summed E-state index contributed by atoms with van der Waals surface area (Å²) < 4.78 is 5.23. The van der Waals surface area contributed by atoms with E-state index in [0.29, 0.717) is 0 Å². The molecule has 2 unspecified atom stereocenters. The van der Waals surface area contributed by atoms with E-state index in [0.717, 1.165) is 0 Å². The second-order valence-corrected chi connectivity index (χ2v) is 6.32. The predicted molar refractivity (Wildman–Crippen MR) is 61.7 cm³/mol. The van der Waals surface area contributed by atoms with E-state index in [9.17, 15) is 10.2 Å². The second-order valence-electron chi connectivity index (χ2n) is 6.32. The average Bonchev–Trinajstić information content (AvgIpc) is 2.01. The molecule has 0 bridgehead atoms. The maximum absolute atomic E-state index is 10.1. The minimum atomic E-state index is -0.684. The van der Waals surface area contributed by atoms with E-state index in [1.54, 1.807) is 0 Å². The molecule has 0 radical (unpaired) electrons. The van der Waals surface area contributed by atoms with E-state index in [1.165, 1.54) is 7.11 Å². The topological polar surface area (TPSA) is 49.7 Å². The first-order valence-corrected chi connectivity index (χ1v) is 5.40. The molecule has 0 saturated heterocycles. The van der Waals surface area contributed by atoms with Gasteiger partial charge in [-0.1, -0.05) is 41.5 Å². The van der Waals surface area contributed by atoms with Gasteiger partial charge in [-0.15, -0.1) is 0 Å². The van der Waals surface area contributed by atoms with Crippen molar-refractivity contribution >= 4 is 0 Å². The number of hydrogen-bond acceptors (Lipinski definition) is 3. The Morgan fingerprint density at radius 1 is 0.800 bits per heavy atom. The van der Waals surface area contributed by atoms with Crippen molar-refractivity contribution < 1.29 is 14.9 Å². The Hall–Kier alpha value is -0.120. The van der Waals surface area contributed by atoms with Gasteiger partial charge >= 0.3 is 0 Å². The number of rotatable bonds is 3. The Kier molecular flexibility index (Phi) is 4.77. The van der Waals surface area contributed by atoms with Gasteiger partial charge in [0, 0.05) is 7.11 Å². The van der Waals surface area contributed by atoms with Gasteiger partial charge < -0.3 is 14.9 Å². The molecule has 0 aliphatic heterocycles. The summed E-state index contributed by atoms with van der Waals surface area (Å²) in [6.07, 6.45) is -1.92. The fourth-order valence-corrected chi connectivity index (χ4v) is 1.42. The smallest absolute Gasteiger partial charge is 0.110 e. The molecule has 0 rings (SSSR count). The van der Waals surface area contributed by atoms with Crippen molar-refractivity contribution in [2.24, 2.45) is 10.8 Å². The van der Waals surface area contributed by atoms with Crippen molar-refractivity contribution in [3.63, 3.8) is 0 Å². The summed E-state index contributed by atoms with van der Waals surface area (Å²) in [7, 11) is 1.52. The molecule has 3 heteroatoms. The lowest BCUT2D eigenvalue weighted by Gasteiger charge is -2.39. The maximum Gasteiger partial charge on any atom is 0.110 e. The van der Waals surface area contributed by atoms with Crippen LogP contribution in [0.25, 0.3) is 0 Å². The van der Waals surface area contributed by atoms with Crippen molar-refractivity contribution in [3.8, 4) is 0 Å². The minimum absolute atomic E-state index is 0.299. The van der Waals surface area contributed by atoms with Gasteiger partial charge in [0.05, 0.1) is 12.2 Å². The van der Waals surface area contributed by atoms with Gasteiger partial charge in [-0.25, -0.2) is 0 Å². The highest BCUT2D eigenvalue weighted by atomic mass is 16.5. The summed E-state index contributed by atoms with van der Waals surface area (Å²) in [6, 6.07) is 0. The molecule has 0 saturated carbocycles. The lowest BCUT2D eigenvalue weighted by Crippen LogP contribution is -2.50. The fourth-order valence-electron chi connectivity index (χ4n) is 1.42. The first-order chi connectivity index (χ1) is 6.51. The van der Waals surface area contributed by atoms with Gasteiger partial charge in [-0.05, 0) is 10.8 Å². The predicted octanol–water partition coefficient (Wildman–Crippen LogP) is 1.82. The quantitative estimate of drug-likeness (QED) is 0.759. The van der Waals surface area contributed by atoms with Crippen molar-refractivity contribution in [1.29, 1.82) is 0 Å². The van der Waals surface area contributed by atoms with Crippen LogP contribution in [0.1, 0.15) is 41.5 Å². The molecule has 0 aromatic heterocycles. The van der Waals surface area contributed by atoms with Gasteiger partial charge in [-0.2, -0.15) is 0 Å². The number of methoxy groups -OCH3 is 1. The van der Waals surface area contributed by atoms with E-state index in [-0.39, 0.29) is 10.8 Å². The van der Waals surface area contributed by atoms with Crippen LogP contribution in [0.15, 0.2) is 0 Å². The van der Waals surface area contributed by atoms with Crippen LogP contribution < -0.4 is 0 Å². The van der Waals surface area contributed by atoms with E-state index < -0.39 is 18.3 Å². The summed E-state index contributed by atoms with van der Waals surface area (Å²) in [4.78, 5) is 0. The van der Waals surface area contributed by atoms with Gasteiger partial charge in [0.2, 0.25) is 0 Å². The van der Waals surface area contributed by atoms with Crippen molar-refractivity contribution in [2.75, 3.05) is 7.11 Å². The number of aliphatic hydroxyl groups is 2. The molecule has 0 amide bonds. The summed E-state index contributed by atoms with van der Waals surface area (Å²) in [6.45, 7) is 11.6. The second kappa shape index (κ2) is 4.81. The standard InChI is InChI=1S/C12H26O3/c1-11(2,3)9(13)8(15-7)10(14)12(4,5)6/h8-10,13-14H,1-7H3. The summed E-state index contributed by atoms with van der Waals surface area (Å²) in [5.74, 6) is 0. The third-order valence-corrected chi connectivity index (χ3v) is 2.67. The summed E-state index contributed by atoms with van der Waals surface area (Å²) >= 11 is 0. The molecule has 0 heterocycles. The molecule has 15 heavy (non-hydrogen) atoms. The van der Waals surface area contributed by atoms with E-state index in [4.69, 9.17) is 4.74 Å². The first kappa shape index (κ1) is 14.9. The van der Waals surface area contributed by atoms with Crippen LogP contribution in [0, 0.1) is 10.8 Å². The van der Waals surface area contributed by atoms with Crippen LogP contribution in [0.2, 0.25) is 0 Å². The Morgan fingerprint density at radius 2 is 1.07 bits per heavy atom. The number of hydrogen-bond donors (Lipinski definition) is 2. The molecule has 3 nitrogen and oxygen atoms in total. The average molecular weight is 218 g/mol. The molecule has 0 aromatic rings. The molecule has 2 N–H and O–H groups in total. The highest BCUT2D eigenvalue weighted by Gasteiger charge is 2.39. The largest absolute Gasteiger partial charge is 0.390 e. The normalized spacial score (nSPS) is 19.8. The number of aliphatic hydroxyl groups excluding tert-OH is 2. The molecule has 92 valence electrons. The van der Waals surface area contributed by atoms with Crippen molar-refractivity contribution in [2.45, 2.75) is 59.9 Å². The van der Waals surface area contributed by atoms with Crippen LogP contribution in [0.4, 0.5) is 0 Å². The van der Waals surface area contributed by atoms with Gasteiger partial charge in [-0.3, -0.25) is 0 Å². The third kappa shape index (κ3) is 4.09. The lowest BCUT2D eigenvalue weighted by atomic mass is 9.77. The summed E-state index contributed by atoms with van der Waals surface area (Å²) in [5, 5.41) is 20.2. The van der Waals surface area contributed by atoms with E-state index >= 15 is 0 Å². The Morgan fingerprint density at radius 3 is 1.20 bits per heavy atom. The molecule has 0 aromatic carbocycles. The Balaban J connectivity index is 4.78. The fraction of sp³-hybridized carbons (Fsp3) is 1.00. The minimum Gasteiger partial charge on any atom is -0.390 e. The van der Waals surface area contributed by atoms with Gasteiger partial charge in [0.15, 0.2) is 0 Å². The Bertz CT molecular complexity index is 168. The van der Waals surface area contributed by atoms with Crippen LogP contribution in [0.5, 0.6) is 0 Å². The van der Waals surface area contributed by atoms with Crippen molar-refractivity contribution in [1.82, 2.24) is 0 Å². The summed E-state index contributed by atoms with van der Waals surface area (Å²) in [5.41, 5.74) is -0.597. The van der Waals surface area contributed by atoms with Crippen LogP contribution in [0.3, 0.4) is 0 Å². The highest BCUT2D eigenvalue weighted by molar-refractivity contribution is 4.90. The van der Waals surface area contributed by atoms with E-state index in [2.05, 4.69) is 0 Å². The first-order valence-electron chi connectivity index (χ1n) is 5.40. The van der Waals surface area contributed by atoms with Gasteiger partial charge in [0.25, 0.3) is 0 Å². The van der Waals surface area contributed by atoms with Crippen LogP contribution in [-0.2, 0) is 4.74 Å². The molecular formula is C12H26O3. The monoisotopic (exact) mass is 218 g/mol. The van der Waals surface area contributed by atoms with Crippen molar-refractivity contribution in [3.05, 3.63) is 0 Å². The molecule has 0 spiro atoms. The SMILES string of the molecule is COC(C(O)C(C)(C)C)C(O)C(C)(C)C. The maximum atomic E-state index is 10.1. The Labute approximate surface area is 93.5 Å². The molecule has 0 fully saturated rings. The zero-order valence-corrected chi connectivity index (χ0v) is 11.0. The van der Waals surface area contributed by atoms with Crippen LogP contribution in [-0.4, -0.2) is 35.6 Å². The molecule has 0 aliphatic rings. The third-order valence-electron chi connectivity index (χ3n) is 2.67. The molecule has 2 atom stereocenters. The van der Waals surface area contributed by atoms with E-state index in [1.807, 2.05) is 41.5 Å². The molecule has 0 aliphatic carbocycles. The number of ether oxygens (including phenoxy) is 1. The highest BCUT2D eigenvalue weighted by Crippen LogP contribution is 2.30. The lowest BCUT2D eigenvalue weighted by molar-refractivity contribution is -0.143. The zero-order valence-electron chi connectivity index (χ0n) is 11.0. The van der Waals surface area contributed by atoms with Gasteiger partial charge in [0.1, 0.15) is 6.10 Å².